The van der Waals surface area contributed by atoms with Gasteiger partial charge < -0.3 is 14.6 Å². The number of halogens is 6. The highest BCUT2D eigenvalue weighted by Gasteiger charge is 2.37. The minimum atomic E-state index is -4.81. The average molecular weight is 718 g/mol. The number of carboxylic acid groups (broad SMARTS) is 1. The number of likely N-dealkylation sites (tertiary alicyclic amines) is 1. The first-order valence-corrected chi connectivity index (χ1v) is 17.1. The standard InChI is InChI=1S/C38H41F6N3O4/c1-20(2)14-30(47-19-24(10-13-46-11-5-12-46)28(17-31(47)48)38(42,43)44)37(51)45-18-25(15-32(49)50)34-35(40)26(23-7-8-23)16-27(36(34)41)33-21(3)6-9-29(39)22(33)4/h6,9,16-20,23,25,30H,5,7-8,10-15H2,1-4H3,(H,49,50)/b45-18+. The lowest BCUT2D eigenvalue weighted by molar-refractivity contribution is -0.139. The third kappa shape index (κ3) is 8.45. The molecule has 7 nitrogen and oxygen atoms in total. The molecule has 0 spiro atoms. The Balaban J connectivity index is 1.59. The van der Waals surface area contributed by atoms with Crippen molar-refractivity contribution < 1.29 is 41.0 Å². The molecule has 2 heterocycles. The topological polar surface area (TPSA) is 92.0 Å². The third-order valence-corrected chi connectivity index (χ3v) is 9.73. The SMILES string of the molecule is Cc1ccc(F)c(C)c1-c1cc(C2CC2)c(F)c(C(/C=N/C(=O)C(CC(C)C)n2cc(CCN3CCC3)c(C(F)(F)F)cc2=O)CC(=O)O)c1F. The molecule has 3 aromatic rings. The van der Waals surface area contributed by atoms with Gasteiger partial charge in [0.2, 0.25) is 0 Å². The normalized spacial score (nSPS) is 16.5. The van der Waals surface area contributed by atoms with E-state index in [1.165, 1.54) is 25.1 Å². The maximum absolute atomic E-state index is 16.5. The van der Waals surface area contributed by atoms with Crippen LogP contribution in [0.25, 0.3) is 11.1 Å². The van der Waals surface area contributed by atoms with Gasteiger partial charge >= 0.3 is 12.1 Å². The summed E-state index contributed by atoms with van der Waals surface area (Å²) in [5.41, 5.74) is -2.13. The van der Waals surface area contributed by atoms with Crippen molar-refractivity contribution in [1.82, 2.24) is 9.47 Å². The van der Waals surface area contributed by atoms with Gasteiger partial charge in [0.05, 0.1) is 12.0 Å². The number of aliphatic imine (C=N–C) groups is 1. The molecule has 2 aromatic carbocycles. The van der Waals surface area contributed by atoms with Crippen molar-refractivity contribution in [2.75, 3.05) is 19.6 Å². The number of aryl methyl sites for hydroxylation is 1. The Morgan fingerprint density at radius 1 is 1.06 bits per heavy atom. The molecule has 2 atom stereocenters. The molecule has 2 unspecified atom stereocenters. The summed E-state index contributed by atoms with van der Waals surface area (Å²) in [4.78, 5) is 44.9. The van der Waals surface area contributed by atoms with Gasteiger partial charge in [0, 0.05) is 42.1 Å². The summed E-state index contributed by atoms with van der Waals surface area (Å²) in [6.07, 6.45) is -1.70. The van der Waals surface area contributed by atoms with E-state index in [1.54, 1.807) is 20.8 Å². The quantitative estimate of drug-likeness (QED) is 0.142. The minimum Gasteiger partial charge on any atom is -0.481 e. The van der Waals surface area contributed by atoms with Crippen molar-refractivity contribution in [2.45, 2.75) is 90.3 Å². The molecule has 2 aliphatic rings. The second kappa shape index (κ2) is 15.1. The van der Waals surface area contributed by atoms with Crippen LogP contribution in [0, 0.1) is 37.2 Å². The smallest absolute Gasteiger partial charge is 0.416 e. The van der Waals surface area contributed by atoms with E-state index in [2.05, 4.69) is 4.99 Å². The number of hydrogen-bond donors (Lipinski definition) is 1. The predicted octanol–water partition coefficient (Wildman–Crippen LogP) is 8.14. The Morgan fingerprint density at radius 2 is 1.75 bits per heavy atom. The number of aliphatic carboxylic acids is 1. The third-order valence-electron chi connectivity index (χ3n) is 9.73. The molecular formula is C38H41F6N3O4. The fourth-order valence-electron chi connectivity index (χ4n) is 6.74. The summed E-state index contributed by atoms with van der Waals surface area (Å²) < 4.78 is 90.3. The zero-order valence-corrected chi connectivity index (χ0v) is 28.9. The molecule has 1 saturated carbocycles. The van der Waals surface area contributed by atoms with E-state index < -0.39 is 70.6 Å². The molecule has 1 aliphatic carbocycles. The highest BCUT2D eigenvalue weighted by molar-refractivity contribution is 5.91. The largest absolute Gasteiger partial charge is 0.481 e. The van der Waals surface area contributed by atoms with Crippen LogP contribution in [0.3, 0.4) is 0 Å². The van der Waals surface area contributed by atoms with Gasteiger partial charge in [-0.1, -0.05) is 19.9 Å². The lowest BCUT2D eigenvalue weighted by atomic mass is 9.86. The van der Waals surface area contributed by atoms with Crippen LogP contribution in [0.15, 0.2) is 40.2 Å². The van der Waals surface area contributed by atoms with E-state index >= 15 is 8.78 Å². The second-order valence-electron chi connectivity index (χ2n) is 14.1. The molecule has 0 radical (unpaired) electrons. The van der Waals surface area contributed by atoms with E-state index in [0.29, 0.717) is 31.0 Å². The number of benzene rings is 2. The van der Waals surface area contributed by atoms with Crippen molar-refractivity contribution in [1.29, 1.82) is 0 Å². The number of rotatable bonds is 13. The van der Waals surface area contributed by atoms with Gasteiger partial charge in [-0.2, -0.15) is 13.2 Å². The number of carbonyl (C=O) groups is 2. The van der Waals surface area contributed by atoms with E-state index in [0.717, 1.165) is 36.5 Å². The summed E-state index contributed by atoms with van der Waals surface area (Å²) in [7, 11) is 0. The molecule has 1 aliphatic heterocycles. The number of amides is 1. The van der Waals surface area contributed by atoms with Crippen LogP contribution in [-0.4, -0.2) is 52.3 Å². The first-order valence-electron chi connectivity index (χ1n) is 17.1. The van der Waals surface area contributed by atoms with Crippen molar-refractivity contribution >= 4 is 18.1 Å². The van der Waals surface area contributed by atoms with Crippen molar-refractivity contribution in [3.05, 3.63) is 91.6 Å². The predicted molar refractivity (Wildman–Crippen MR) is 181 cm³/mol. The summed E-state index contributed by atoms with van der Waals surface area (Å²) >= 11 is 0. The van der Waals surface area contributed by atoms with Gasteiger partial charge in [-0.25, -0.2) is 18.2 Å². The van der Waals surface area contributed by atoms with E-state index in [9.17, 15) is 37.1 Å². The van der Waals surface area contributed by atoms with Crippen LogP contribution in [0.1, 0.15) is 97.2 Å². The molecular weight excluding hydrogens is 676 g/mol. The van der Waals surface area contributed by atoms with Gasteiger partial charge in [-0.3, -0.25) is 14.4 Å². The van der Waals surface area contributed by atoms with Crippen LogP contribution >= 0.6 is 0 Å². The zero-order chi connectivity index (χ0) is 37.4. The lowest BCUT2D eigenvalue weighted by Crippen LogP contribution is -2.39. The maximum Gasteiger partial charge on any atom is 0.416 e. The monoisotopic (exact) mass is 717 g/mol. The van der Waals surface area contributed by atoms with Crippen LogP contribution in [0.4, 0.5) is 26.3 Å². The van der Waals surface area contributed by atoms with E-state index in [4.69, 9.17) is 0 Å². The van der Waals surface area contributed by atoms with Gasteiger partial charge in [0.1, 0.15) is 23.5 Å². The summed E-state index contributed by atoms with van der Waals surface area (Å²) in [5, 5.41) is 9.79. The molecule has 13 heteroatoms. The van der Waals surface area contributed by atoms with Crippen molar-refractivity contribution in [3.8, 4) is 11.1 Å². The van der Waals surface area contributed by atoms with Gasteiger partial charge in [0.25, 0.3) is 11.5 Å². The van der Waals surface area contributed by atoms with Gasteiger partial charge in [-0.05, 0) is 111 Å². The summed E-state index contributed by atoms with van der Waals surface area (Å²) in [5.74, 6) is -7.27. The molecule has 1 saturated heterocycles. The number of carboxylic acids is 1. The minimum absolute atomic E-state index is 0.0151. The number of aromatic nitrogens is 1. The van der Waals surface area contributed by atoms with Gasteiger partial charge in [0.15, 0.2) is 0 Å². The van der Waals surface area contributed by atoms with Crippen LogP contribution in [0.2, 0.25) is 0 Å². The van der Waals surface area contributed by atoms with Crippen molar-refractivity contribution in [2.24, 2.45) is 10.9 Å². The maximum atomic E-state index is 16.5. The van der Waals surface area contributed by atoms with Gasteiger partial charge in [-0.15, -0.1) is 0 Å². The highest BCUT2D eigenvalue weighted by Crippen LogP contribution is 2.46. The first kappa shape index (κ1) is 38.0. The average Bonchev–Trinajstić information content (AvgIpc) is 3.86. The first-order chi connectivity index (χ1) is 24.0. The second-order valence-corrected chi connectivity index (χ2v) is 14.1. The number of hydrogen-bond acceptors (Lipinski definition) is 4. The molecule has 274 valence electrons. The molecule has 5 rings (SSSR count). The molecule has 0 bridgehead atoms. The van der Waals surface area contributed by atoms with Crippen LogP contribution < -0.4 is 5.56 Å². The Bertz CT molecular complexity index is 1910. The number of nitrogens with zero attached hydrogens (tertiary/aromatic N) is 3. The Kier molecular flexibility index (Phi) is 11.3. The number of alkyl halides is 3. The Hall–Kier alpha value is -4.26. The fourth-order valence-corrected chi connectivity index (χ4v) is 6.74. The number of carbonyl (C=O) groups excluding carboxylic acids is 1. The Labute approximate surface area is 292 Å². The molecule has 1 aromatic heterocycles. The van der Waals surface area contributed by atoms with Crippen LogP contribution in [-0.2, 0) is 22.2 Å². The Morgan fingerprint density at radius 3 is 2.31 bits per heavy atom. The summed E-state index contributed by atoms with van der Waals surface area (Å²) in [6, 6.07) is 3.10. The fraction of sp³-hybridized carbons (Fsp3) is 0.474. The molecule has 1 amide bonds. The molecule has 2 fully saturated rings. The molecule has 51 heavy (non-hydrogen) atoms. The summed E-state index contributed by atoms with van der Waals surface area (Å²) in [6.45, 7) is 8.40. The van der Waals surface area contributed by atoms with E-state index in [1.807, 2.05) is 4.90 Å². The number of pyridine rings is 1. The molecule has 1 N–H and O–H groups in total. The lowest BCUT2D eigenvalue weighted by Gasteiger charge is -2.31. The van der Waals surface area contributed by atoms with Crippen LogP contribution in [0.5, 0.6) is 0 Å². The van der Waals surface area contributed by atoms with Crippen molar-refractivity contribution in [3.63, 3.8) is 0 Å². The zero-order valence-electron chi connectivity index (χ0n) is 28.9. The highest BCUT2D eigenvalue weighted by atomic mass is 19.4. The van der Waals surface area contributed by atoms with E-state index in [-0.39, 0.29) is 52.5 Å².